The molecule has 0 spiro atoms. The molecule has 1 saturated carbocycles. The van der Waals surface area contributed by atoms with Gasteiger partial charge >= 0.3 is 0 Å². The molecule has 88 valence electrons. The predicted octanol–water partition coefficient (Wildman–Crippen LogP) is 2.44. The molecule has 1 aromatic rings. The van der Waals surface area contributed by atoms with Crippen molar-refractivity contribution in [3.8, 4) is 0 Å². The summed E-state index contributed by atoms with van der Waals surface area (Å²) in [6, 6.07) is 4.58. The van der Waals surface area contributed by atoms with Gasteiger partial charge in [-0.3, -0.25) is 0 Å². The second-order valence-electron chi connectivity index (χ2n) is 4.27. The Morgan fingerprint density at radius 2 is 2.25 bits per heavy atom. The summed E-state index contributed by atoms with van der Waals surface area (Å²) in [5, 5.41) is 4.18. The molecule has 0 radical (unpaired) electrons. The van der Waals surface area contributed by atoms with Gasteiger partial charge in [-0.1, -0.05) is 11.6 Å². The summed E-state index contributed by atoms with van der Waals surface area (Å²) in [5.41, 5.74) is 0.950. The number of hydrogen-bond donors (Lipinski definition) is 1. The van der Waals surface area contributed by atoms with E-state index in [1.54, 1.807) is 0 Å². The number of anilines is 1. The zero-order valence-corrected chi connectivity index (χ0v) is 10.6. The van der Waals surface area contributed by atoms with E-state index in [9.17, 15) is 0 Å². The van der Waals surface area contributed by atoms with Crippen LogP contribution < -0.4 is 10.2 Å². The van der Waals surface area contributed by atoms with Crippen LogP contribution in [0, 0.1) is 0 Å². The third kappa shape index (κ3) is 2.86. The van der Waals surface area contributed by atoms with E-state index in [0.717, 1.165) is 29.6 Å². The van der Waals surface area contributed by atoms with Crippen molar-refractivity contribution in [1.82, 2.24) is 10.3 Å². The van der Waals surface area contributed by atoms with Crippen LogP contribution in [0.5, 0.6) is 0 Å². The van der Waals surface area contributed by atoms with Gasteiger partial charge in [0.2, 0.25) is 0 Å². The Balaban J connectivity index is 2.07. The molecule has 0 saturated heterocycles. The fraction of sp³-hybridized carbons (Fsp3) is 0.583. The number of hydrogen-bond acceptors (Lipinski definition) is 3. The lowest BCUT2D eigenvalue weighted by atomic mass is 10.3. The lowest BCUT2D eigenvalue weighted by molar-refractivity contribution is 0.674. The molecular formula is C12H18ClN3. The van der Waals surface area contributed by atoms with Crippen LogP contribution in [-0.2, 0) is 6.54 Å². The fourth-order valence-corrected chi connectivity index (χ4v) is 1.67. The Morgan fingerprint density at radius 1 is 1.50 bits per heavy atom. The quantitative estimate of drug-likeness (QED) is 0.856. The molecule has 0 atom stereocenters. The zero-order chi connectivity index (χ0) is 11.5. The molecule has 1 aliphatic carbocycles. The van der Waals surface area contributed by atoms with Gasteiger partial charge in [-0.15, -0.1) is 0 Å². The van der Waals surface area contributed by atoms with E-state index < -0.39 is 0 Å². The molecule has 1 aliphatic rings. The minimum absolute atomic E-state index is 0.686. The van der Waals surface area contributed by atoms with Crippen molar-refractivity contribution in [3.05, 3.63) is 22.8 Å². The molecule has 1 aromatic heterocycles. The van der Waals surface area contributed by atoms with Gasteiger partial charge < -0.3 is 10.2 Å². The van der Waals surface area contributed by atoms with Gasteiger partial charge in [-0.2, -0.15) is 0 Å². The first kappa shape index (κ1) is 11.7. The second-order valence-corrected chi connectivity index (χ2v) is 4.67. The molecule has 4 heteroatoms. The van der Waals surface area contributed by atoms with E-state index in [1.807, 2.05) is 19.2 Å². The second kappa shape index (κ2) is 5.02. The Kier molecular flexibility index (Phi) is 3.66. The van der Waals surface area contributed by atoms with Crippen LogP contribution in [-0.4, -0.2) is 24.6 Å². The molecule has 0 unspecified atom stereocenters. The SMILES string of the molecule is CCN(C)c1ccc(Cl)c(CNC2CC2)n1. The number of nitrogens with one attached hydrogen (secondary N) is 1. The zero-order valence-electron chi connectivity index (χ0n) is 9.83. The van der Waals surface area contributed by atoms with E-state index in [1.165, 1.54) is 12.8 Å². The molecule has 16 heavy (non-hydrogen) atoms. The van der Waals surface area contributed by atoms with Crippen LogP contribution in [0.1, 0.15) is 25.5 Å². The largest absolute Gasteiger partial charge is 0.360 e. The molecule has 1 heterocycles. The van der Waals surface area contributed by atoms with Crippen LogP contribution in [0.3, 0.4) is 0 Å². The van der Waals surface area contributed by atoms with Gasteiger partial charge in [-0.25, -0.2) is 4.98 Å². The number of rotatable bonds is 5. The highest BCUT2D eigenvalue weighted by atomic mass is 35.5. The first-order valence-electron chi connectivity index (χ1n) is 5.80. The van der Waals surface area contributed by atoms with Crippen molar-refractivity contribution < 1.29 is 0 Å². The lowest BCUT2D eigenvalue weighted by Gasteiger charge is -2.17. The van der Waals surface area contributed by atoms with Crippen LogP contribution in [0.4, 0.5) is 5.82 Å². The predicted molar refractivity (Wildman–Crippen MR) is 68.1 cm³/mol. The number of aromatic nitrogens is 1. The average Bonchev–Trinajstić information content (AvgIpc) is 3.11. The minimum Gasteiger partial charge on any atom is -0.360 e. The van der Waals surface area contributed by atoms with Gasteiger partial charge in [0.1, 0.15) is 5.82 Å². The molecule has 0 aliphatic heterocycles. The number of nitrogens with zero attached hydrogens (tertiary/aromatic N) is 2. The molecule has 0 amide bonds. The maximum atomic E-state index is 6.13. The van der Waals surface area contributed by atoms with Gasteiger partial charge in [-0.05, 0) is 31.9 Å². The monoisotopic (exact) mass is 239 g/mol. The van der Waals surface area contributed by atoms with Gasteiger partial charge in [0.05, 0.1) is 10.7 Å². The van der Waals surface area contributed by atoms with Crippen molar-refractivity contribution in [2.24, 2.45) is 0 Å². The highest BCUT2D eigenvalue weighted by Crippen LogP contribution is 2.22. The normalized spacial score (nSPS) is 15.2. The Hall–Kier alpha value is -0.800. The van der Waals surface area contributed by atoms with Crippen molar-refractivity contribution in [2.45, 2.75) is 32.4 Å². The van der Waals surface area contributed by atoms with Gasteiger partial charge in [0, 0.05) is 26.2 Å². The summed E-state index contributed by atoms with van der Waals surface area (Å²) in [6.45, 7) is 3.83. The summed E-state index contributed by atoms with van der Waals surface area (Å²) in [4.78, 5) is 6.68. The van der Waals surface area contributed by atoms with Gasteiger partial charge in [0.15, 0.2) is 0 Å². The highest BCUT2D eigenvalue weighted by Gasteiger charge is 2.20. The fourth-order valence-electron chi connectivity index (χ4n) is 1.50. The number of halogens is 1. The van der Waals surface area contributed by atoms with Crippen molar-refractivity contribution >= 4 is 17.4 Å². The molecular weight excluding hydrogens is 222 g/mol. The summed E-state index contributed by atoms with van der Waals surface area (Å²) in [6.07, 6.45) is 2.57. The van der Waals surface area contributed by atoms with E-state index in [0.29, 0.717) is 6.04 Å². The third-order valence-corrected chi connectivity index (χ3v) is 3.25. The molecule has 2 rings (SSSR count). The standard InChI is InChI=1S/C12H18ClN3/c1-3-16(2)12-7-6-10(13)11(15-12)8-14-9-4-5-9/h6-7,9,14H,3-5,8H2,1-2H3. The molecule has 1 fully saturated rings. The number of pyridine rings is 1. The van der Waals surface area contributed by atoms with E-state index in [2.05, 4.69) is 22.1 Å². The summed E-state index contributed by atoms with van der Waals surface area (Å²) in [5.74, 6) is 0.986. The van der Waals surface area contributed by atoms with E-state index in [4.69, 9.17) is 11.6 Å². The molecule has 3 nitrogen and oxygen atoms in total. The first-order valence-corrected chi connectivity index (χ1v) is 6.18. The lowest BCUT2D eigenvalue weighted by Crippen LogP contribution is -2.20. The molecule has 0 bridgehead atoms. The third-order valence-electron chi connectivity index (χ3n) is 2.90. The van der Waals surface area contributed by atoms with Gasteiger partial charge in [0.25, 0.3) is 0 Å². The minimum atomic E-state index is 0.686. The van der Waals surface area contributed by atoms with Crippen molar-refractivity contribution in [1.29, 1.82) is 0 Å². The van der Waals surface area contributed by atoms with E-state index in [-0.39, 0.29) is 0 Å². The van der Waals surface area contributed by atoms with Crippen LogP contribution in [0.15, 0.2) is 12.1 Å². The summed E-state index contributed by atoms with van der Waals surface area (Å²) in [7, 11) is 2.04. The van der Waals surface area contributed by atoms with Crippen molar-refractivity contribution in [2.75, 3.05) is 18.5 Å². The molecule has 0 aromatic carbocycles. The van der Waals surface area contributed by atoms with Crippen LogP contribution in [0.2, 0.25) is 5.02 Å². The maximum Gasteiger partial charge on any atom is 0.128 e. The molecule has 1 N–H and O–H groups in total. The highest BCUT2D eigenvalue weighted by molar-refractivity contribution is 6.31. The Bertz CT molecular complexity index is 363. The van der Waals surface area contributed by atoms with Crippen LogP contribution >= 0.6 is 11.6 Å². The Morgan fingerprint density at radius 3 is 2.88 bits per heavy atom. The summed E-state index contributed by atoms with van der Waals surface area (Å²) >= 11 is 6.13. The smallest absolute Gasteiger partial charge is 0.128 e. The van der Waals surface area contributed by atoms with Crippen LogP contribution in [0.25, 0.3) is 0 Å². The Labute approximate surface area is 102 Å². The topological polar surface area (TPSA) is 28.2 Å². The summed E-state index contributed by atoms with van der Waals surface area (Å²) < 4.78 is 0. The average molecular weight is 240 g/mol. The van der Waals surface area contributed by atoms with Crippen molar-refractivity contribution in [3.63, 3.8) is 0 Å². The van der Waals surface area contributed by atoms with E-state index >= 15 is 0 Å². The maximum absolute atomic E-state index is 6.13. The first-order chi connectivity index (χ1) is 7.70.